The maximum Gasteiger partial charge on any atom is 0.573 e. The standard InChI is InChI=1S/C14H11ClF3NO/c15-13-7-9(8-19)1-6-12(13)10-2-4-11(5-3-10)20-14(16,17)18/h1-7H,8,19H2. The molecule has 20 heavy (non-hydrogen) atoms. The second kappa shape index (κ2) is 5.73. The highest BCUT2D eigenvalue weighted by atomic mass is 35.5. The second-order valence-corrected chi connectivity index (χ2v) is 4.50. The zero-order valence-electron chi connectivity index (χ0n) is 10.2. The average molecular weight is 302 g/mol. The van der Waals surface area contributed by atoms with Crippen LogP contribution in [0.1, 0.15) is 5.56 Å². The summed E-state index contributed by atoms with van der Waals surface area (Å²) in [6.07, 6.45) is -4.69. The molecule has 2 aromatic carbocycles. The molecule has 2 nitrogen and oxygen atoms in total. The normalized spacial score (nSPS) is 11.4. The minimum atomic E-state index is -4.69. The summed E-state index contributed by atoms with van der Waals surface area (Å²) in [6, 6.07) is 10.9. The summed E-state index contributed by atoms with van der Waals surface area (Å²) in [5.41, 5.74) is 7.82. The van der Waals surface area contributed by atoms with Crippen molar-refractivity contribution in [3.63, 3.8) is 0 Å². The molecule has 0 spiro atoms. The van der Waals surface area contributed by atoms with E-state index in [1.165, 1.54) is 24.3 Å². The Bertz CT molecular complexity index is 596. The van der Waals surface area contributed by atoms with Gasteiger partial charge in [-0.05, 0) is 29.3 Å². The van der Waals surface area contributed by atoms with E-state index in [0.717, 1.165) is 11.1 Å². The topological polar surface area (TPSA) is 35.2 Å². The molecule has 0 heterocycles. The Morgan fingerprint density at radius 2 is 1.70 bits per heavy atom. The lowest BCUT2D eigenvalue weighted by molar-refractivity contribution is -0.274. The molecule has 0 saturated carbocycles. The Balaban J connectivity index is 2.26. The first-order chi connectivity index (χ1) is 9.39. The minimum Gasteiger partial charge on any atom is -0.406 e. The molecule has 0 aromatic heterocycles. The zero-order chi connectivity index (χ0) is 14.8. The monoisotopic (exact) mass is 301 g/mol. The Morgan fingerprint density at radius 1 is 1.05 bits per heavy atom. The Kier molecular flexibility index (Phi) is 4.20. The van der Waals surface area contributed by atoms with Gasteiger partial charge in [0.1, 0.15) is 5.75 Å². The highest BCUT2D eigenvalue weighted by molar-refractivity contribution is 6.33. The highest BCUT2D eigenvalue weighted by Gasteiger charge is 2.30. The Labute approximate surface area is 118 Å². The predicted octanol–water partition coefficient (Wildman–Crippen LogP) is 4.36. The van der Waals surface area contributed by atoms with Crippen molar-refractivity contribution in [3.8, 4) is 16.9 Å². The molecule has 0 unspecified atom stereocenters. The molecular formula is C14H11ClF3NO. The number of nitrogens with two attached hydrogens (primary N) is 1. The Morgan fingerprint density at radius 3 is 2.20 bits per heavy atom. The average Bonchev–Trinajstić information content (AvgIpc) is 2.38. The van der Waals surface area contributed by atoms with Crippen LogP contribution in [0.2, 0.25) is 5.02 Å². The van der Waals surface area contributed by atoms with Gasteiger partial charge in [0, 0.05) is 17.1 Å². The maximum absolute atomic E-state index is 12.1. The number of hydrogen-bond donors (Lipinski definition) is 1. The molecule has 0 atom stereocenters. The highest BCUT2D eigenvalue weighted by Crippen LogP contribution is 2.31. The van der Waals surface area contributed by atoms with E-state index in [1.54, 1.807) is 12.1 Å². The molecule has 0 fully saturated rings. The lowest BCUT2D eigenvalue weighted by atomic mass is 10.0. The third-order valence-electron chi connectivity index (χ3n) is 2.67. The molecule has 0 aliphatic rings. The summed E-state index contributed by atoms with van der Waals surface area (Å²) in [5, 5.41) is 0.498. The molecule has 0 bridgehead atoms. The number of ether oxygens (including phenoxy) is 1. The fourth-order valence-electron chi connectivity index (χ4n) is 1.76. The van der Waals surface area contributed by atoms with Crippen molar-refractivity contribution in [3.05, 3.63) is 53.1 Å². The van der Waals surface area contributed by atoms with E-state index >= 15 is 0 Å². The van der Waals surface area contributed by atoms with Gasteiger partial charge >= 0.3 is 6.36 Å². The lowest BCUT2D eigenvalue weighted by Gasteiger charge is -2.10. The van der Waals surface area contributed by atoms with Gasteiger partial charge in [-0.2, -0.15) is 0 Å². The molecule has 106 valence electrons. The fraction of sp³-hybridized carbons (Fsp3) is 0.143. The third kappa shape index (κ3) is 3.65. The predicted molar refractivity (Wildman–Crippen MR) is 71.5 cm³/mol. The maximum atomic E-state index is 12.1. The molecule has 0 amide bonds. The molecule has 0 radical (unpaired) electrons. The van der Waals surface area contributed by atoms with Crippen molar-refractivity contribution in [2.45, 2.75) is 12.9 Å². The van der Waals surface area contributed by atoms with E-state index in [0.29, 0.717) is 17.1 Å². The molecule has 0 saturated heterocycles. The zero-order valence-corrected chi connectivity index (χ0v) is 11.0. The van der Waals surface area contributed by atoms with Gasteiger partial charge in [0.25, 0.3) is 0 Å². The van der Waals surface area contributed by atoms with Gasteiger partial charge < -0.3 is 10.5 Å². The van der Waals surface area contributed by atoms with Crippen LogP contribution >= 0.6 is 11.6 Å². The van der Waals surface area contributed by atoms with Crippen LogP contribution in [0.3, 0.4) is 0 Å². The lowest BCUT2D eigenvalue weighted by Crippen LogP contribution is -2.16. The van der Waals surface area contributed by atoms with Gasteiger partial charge in [-0.3, -0.25) is 0 Å². The summed E-state index contributed by atoms with van der Waals surface area (Å²) in [5.74, 6) is -0.268. The van der Waals surface area contributed by atoms with Crippen molar-refractivity contribution in [1.29, 1.82) is 0 Å². The quantitative estimate of drug-likeness (QED) is 0.914. The van der Waals surface area contributed by atoms with Crippen LogP contribution in [0.4, 0.5) is 13.2 Å². The van der Waals surface area contributed by atoms with Crippen molar-refractivity contribution in [2.75, 3.05) is 0 Å². The molecular weight excluding hydrogens is 291 g/mol. The molecule has 2 rings (SSSR count). The molecule has 0 aliphatic heterocycles. The molecule has 2 N–H and O–H groups in total. The first kappa shape index (κ1) is 14.7. The third-order valence-corrected chi connectivity index (χ3v) is 2.98. The van der Waals surface area contributed by atoms with Gasteiger partial charge in [0.05, 0.1) is 0 Å². The van der Waals surface area contributed by atoms with E-state index in [9.17, 15) is 13.2 Å². The summed E-state index contributed by atoms with van der Waals surface area (Å²) in [7, 11) is 0. The van der Waals surface area contributed by atoms with Crippen LogP contribution in [0.5, 0.6) is 5.75 Å². The van der Waals surface area contributed by atoms with Gasteiger partial charge in [-0.15, -0.1) is 13.2 Å². The smallest absolute Gasteiger partial charge is 0.406 e. The number of benzene rings is 2. The van der Waals surface area contributed by atoms with Crippen LogP contribution in [0.25, 0.3) is 11.1 Å². The van der Waals surface area contributed by atoms with Gasteiger partial charge in [-0.1, -0.05) is 35.9 Å². The van der Waals surface area contributed by atoms with Gasteiger partial charge in [-0.25, -0.2) is 0 Å². The number of alkyl halides is 3. The summed E-state index contributed by atoms with van der Waals surface area (Å²) < 4.78 is 40.0. The van der Waals surface area contributed by atoms with E-state index in [4.69, 9.17) is 17.3 Å². The van der Waals surface area contributed by atoms with Crippen LogP contribution in [0.15, 0.2) is 42.5 Å². The molecule has 0 aliphatic carbocycles. The molecule has 2 aromatic rings. The largest absolute Gasteiger partial charge is 0.573 e. The minimum absolute atomic E-state index is 0.268. The van der Waals surface area contributed by atoms with Crippen LogP contribution in [-0.4, -0.2) is 6.36 Å². The van der Waals surface area contributed by atoms with Crippen molar-refractivity contribution >= 4 is 11.6 Å². The van der Waals surface area contributed by atoms with Gasteiger partial charge in [0.15, 0.2) is 0 Å². The summed E-state index contributed by atoms with van der Waals surface area (Å²) >= 11 is 6.12. The van der Waals surface area contributed by atoms with Crippen molar-refractivity contribution < 1.29 is 17.9 Å². The summed E-state index contributed by atoms with van der Waals surface area (Å²) in [4.78, 5) is 0. The van der Waals surface area contributed by atoms with Crippen molar-refractivity contribution in [2.24, 2.45) is 5.73 Å². The van der Waals surface area contributed by atoms with E-state index < -0.39 is 6.36 Å². The number of hydrogen-bond acceptors (Lipinski definition) is 2. The first-order valence-corrected chi connectivity index (χ1v) is 6.11. The number of rotatable bonds is 3. The van der Waals surface area contributed by atoms with Crippen LogP contribution in [0, 0.1) is 0 Å². The first-order valence-electron chi connectivity index (χ1n) is 5.74. The van der Waals surface area contributed by atoms with Gasteiger partial charge in [0.2, 0.25) is 0 Å². The van der Waals surface area contributed by atoms with Crippen LogP contribution < -0.4 is 10.5 Å². The van der Waals surface area contributed by atoms with E-state index in [2.05, 4.69) is 4.74 Å². The van der Waals surface area contributed by atoms with Crippen LogP contribution in [-0.2, 0) is 6.54 Å². The van der Waals surface area contributed by atoms with Crippen molar-refractivity contribution in [1.82, 2.24) is 0 Å². The molecule has 6 heteroatoms. The fourth-order valence-corrected chi connectivity index (χ4v) is 2.07. The van der Waals surface area contributed by atoms with E-state index in [1.807, 2.05) is 6.07 Å². The number of halogens is 4. The SMILES string of the molecule is NCc1ccc(-c2ccc(OC(F)(F)F)cc2)c(Cl)c1. The second-order valence-electron chi connectivity index (χ2n) is 4.09. The van der Waals surface area contributed by atoms with E-state index in [-0.39, 0.29) is 5.75 Å². The Hall–Kier alpha value is -1.72. The summed E-state index contributed by atoms with van der Waals surface area (Å²) in [6.45, 7) is 0.373.